The predicted octanol–water partition coefficient (Wildman–Crippen LogP) is 1.85. The summed E-state index contributed by atoms with van der Waals surface area (Å²) in [5.41, 5.74) is 0. The Kier molecular flexibility index (Phi) is 14.1. The molecule has 0 atom stereocenters. The lowest BCUT2D eigenvalue weighted by Crippen LogP contribution is -2.16. The van der Waals surface area contributed by atoms with Gasteiger partial charge in [0, 0.05) is 0 Å². The summed E-state index contributed by atoms with van der Waals surface area (Å²) in [6.45, 7) is 1.09. The van der Waals surface area contributed by atoms with Crippen molar-refractivity contribution in [2.75, 3.05) is 66.1 Å². The van der Waals surface area contributed by atoms with Crippen LogP contribution in [0.2, 0.25) is 0 Å². The second-order valence-electron chi connectivity index (χ2n) is 6.02. The van der Waals surface area contributed by atoms with Gasteiger partial charge in [-0.05, 0) is 0 Å². The van der Waals surface area contributed by atoms with Gasteiger partial charge < -0.3 is 33.5 Å². The molecule has 0 saturated carbocycles. The van der Waals surface area contributed by atoms with Crippen LogP contribution >= 0.6 is 0 Å². The quantitative estimate of drug-likeness (QED) is 0.0823. The molecule has 0 amide bonds. The summed E-state index contributed by atoms with van der Waals surface area (Å²) in [5.74, 6) is -15.3. The third-order valence-corrected chi connectivity index (χ3v) is 3.55. The molecule has 0 unspecified atom stereocenters. The molecule has 1 aromatic rings. The number of carboxylic acids is 1. The number of esters is 1. The van der Waals surface area contributed by atoms with E-state index in [1.807, 2.05) is 0 Å². The van der Waals surface area contributed by atoms with Crippen molar-refractivity contribution in [2.45, 2.75) is 6.42 Å². The first-order chi connectivity index (χ1) is 15.8. The highest BCUT2D eigenvalue weighted by Gasteiger charge is 2.28. The van der Waals surface area contributed by atoms with Crippen molar-refractivity contribution < 1.29 is 65.1 Å². The van der Waals surface area contributed by atoms with Crippen LogP contribution < -0.4 is 4.74 Å². The van der Waals surface area contributed by atoms with Gasteiger partial charge in [0.25, 0.3) is 0 Å². The van der Waals surface area contributed by atoms with E-state index in [1.54, 1.807) is 0 Å². The van der Waals surface area contributed by atoms with Crippen LogP contribution in [0.3, 0.4) is 0 Å². The van der Waals surface area contributed by atoms with E-state index in [2.05, 4.69) is 4.74 Å². The van der Waals surface area contributed by atoms with Crippen molar-refractivity contribution in [1.82, 2.24) is 0 Å². The number of carboxylic acid groups (broad SMARTS) is 1. The van der Waals surface area contributed by atoms with Gasteiger partial charge >= 0.3 is 11.9 Å². The monoisotopic (exact) mass is 490 g/mol. The highest BCUT2D eigenvalue weighted by atomic mass is 19.2. The molecule has 9 nitrogen and oxygen atoms in total. The first kappa shape index (κ1) is 28.6. The number of hydrogen-bond acceptors (Lipinski definition) is 8. The van der Waals surface area contributed by atoms with Crippen LogP contribution in [-0.2, 0) is 33.3 Å². The van der Waals surface area contributed by atoms with Crippen molar-refractivity contribution in [3.8, 4) is 5.75 Å². The molecule has 14 heteroatoms. The number of halogens is 5. The fraction of sp³-hybridized carbons (Fsp3) is 0.579. The van der Waals surface area contributed by atoms with Crippen molar-refractivity contribution in [1.29, 1.82) is 0 Å². The van der Waals surface area contributed by atoms with Gasteiger partial charge in [0.15, 0.2) is 0 Å². The van der Waals surface area contributed by atoms with Crippen molar-refractivity contribution in [3.05, 3.63) is 29.1 Å². The lowest BCUT2D eigenvalue weighted by atomic mass is 10.2. The van der Waals surface area contributed by atoms with Crippen LogP contribution in [-0.4, -0.2) is 83.1 Å². The first-order valence-electron chi connectivity index (χ1n) is 9.58. The molecule has 1 N–H and O–H groups in total. The Labute approximate surface area is 185 Å². The second-order valence-corrected chi connectivity index (χ2v) is 6.02. The summed E-state index contributed by atoms with van der Waals surface area (Å²) >= 11 is 0. The average molecular weight is 490 g/mol. The molecule has 0 aliphatic heterocycles. The topological polar surface area (TPSA) is 110 Å². The highest BCUT2D eigenvalue weighted by Crippen LogP contribution is 2.29. The van der Waals surface area contributed by atoms with E-state index in [9.17, 15) is 31.5 Å². The number of rotatable bonds is 18. The third kappa shape index (κ3) is 11.3. The maximum Gasteiger partial charge on any atom is 0.329 e. The Morgan fingerprint density at radius 3 is 1.36 bits per heavy atom. The van der Waals surface area contributed by atoms with E-state index in [0.29, 0.717) is 13.2 Å². The van der Waals surface area contributed by atoms with Crippen LogP contribution in [0.1, 0.15) is 6.42 Å². The molecule has 0 saturated heterocycles. The molecule has 0 radical (unpaired) electrons. The van der Waals surface area contributed by atoms with E-state index < -0.39 is 53.2 Å². The Balaban J connectivity index is 2.00. The number of benzene rings is 1. The van der Waals surface area contributed by atoms with Crippen LogP contribution in [0.25, 0.3) is 0 Å². The Hall–Kier alpha value is -2.39. The van der Waals surface area contributed by atoms with Crippen molar-refractivity contribution >= 4 is 11.9 Å². The third-order valence-electron chi connectivity index (χ3n) is 3.55. The minimum atomic E-state index is -2.35. The van der Waals surface area contributed by atoms with E-state index in [1.165, 1.54) is 0 Å². The normalized spacial score (nSPS) is 11.1. The van der Waals surface area contributed by atoms with Crippen LogP contribution in [0.5, 0.6) is 5.75 Å². The summed E-state index contributed by atoms with van der Waals surface area (Å²) in [4.78, 5) is 21.7. The van der Waals surface area contributed by atoms with Gasteiger partial charge in [-0.3, -0.25) is 4.79 Å². The molecule has 0 bridgehead atoms. The standard InChI is InChI=1S/C19H23F5O9/c20-14-15(21)17(23)19(18(24)16(14)22)33-13(27)1-2-28-3-4-29-5-6-30-7-8-31-9-10-32-11-12(25)26/h1-11H2,(H,25,26). The SMILES string of the molecule is O=C(O)COCCOCCOCCOCCOCCC(=O)Oc1c(F)c(F)c(F)c(F)c1F. The molecule has 33 heavy (non-hydrogen) atoms. The summed E-state index contributed by atoms with van der Waals surface area (Å²) in [7, 11) is 0. The number of aliphatic carboxylic acids is 1. The minimum Gasteiger partial charge on any atom is -0.480 e. The molecule has 0 fully saturated rings. The van der Waals surface area contributed by atoms with E-state index >= 15 is 0 Å². The zero-order valence-corrected chi connectivity index (χ0v) is 17.4. The molecular weight excluding hydrogens is 467 g/mol. The minimum absolute atomic E-state index is 0.0647. The van der Waals surface area contributed by atoms with Crippen LogP contribution in [0, 0.1) is 29.1 Å². The molecule has 0 heterocycles. The zero-order chi connectivity index (χ0) is 24.6. The van der Waals surface area contributed by atoms with Crippen molar-refractivity contribution in [2.24, 2.45) is 0 Å². The van der Waals surface area contributed by atoms with Gasteiger partial charge in [-0.25, -0.2) is 18.0 Å². The van der Waals surface area contributed by atoms with E-state index in [0.717, 1.165) is 0 Å². The van der Waals surface area contributed by atoms with Crippen molar-refractivity contribution in [3.63, 3.8) is 0 Å². The van der Waals surface area contributed by atoms with Gasteiger partial charge in [-0.1, -0.05) is 0 Å². The molecule has 1 rings (SSSR count). The zero-order valence-electron chi connectivity index (χ0n) is 17.4. The summed E-state index contributed by atoms with van der Waals surface area (Å²) in [6.07, 6.45) is -0.496. The fourth-order valence-electron chi connectivity index (χ4n) is 2.03. The lowest BCUT2D eigenvalue weighted by Gasteiger charge is -2.09. The van der Waals surface area contributed by atoms with E-state index in [-0.39, 0.29) is 52.9 Å². The predicted molar refractivity (Wildman–Crippen MR) is 98.2 cm³/mol. The van der Waals surface area contributed by atoms with Gasteiger partial charge in [-0.15, -0.1) is 0 Å². The van der Waals surface area contributed by atoms with Gasteiger partial charge in [0.1, 0.15) is 6.61 Å². The Morgan fingerprint density at radius 1 is 0.576 bits per heavy atom. The number of ether oxygens (including phenoxy) is 6. The molecule has 0 aliphatic carbocycles. The summed E-state index contributed by atoms with van der Waals surface area (Å²) in [6, 6.07) is 0. The molecule has 0 aromatic heterocycles. The number of hydrogen-bond donors (Lipinski definition) is 1. The van der Waals surface area contributed by atoms with Gasteiger partial charge in [-0.2, -0.15) is 8.78 Å². The maximum absolute atomic E-state index is 13.4. The molecule has 1 aromatic carbocycles. The van der Waals surface area contributed by atoms with Gasteiger partial charge in [0.05, 0.1) is 65.9 Å². The Morgan fingerprint density at radius 2 is 0.939 bits per heavy atom. The highest BCUT2D eigenvalue weighted by molar-refractivity contribution is 5.72. The molecular formula is C19H23F5O9. The fourth-order valence-corrected chi connectivity index (χ4v) is 2.03. The Bertz CT molecular complexity index is 735. The molecule has 0 spiro atoms. The average Bonchev–Trinajstić information content (AvgIpc) is 2.78. The molecule has 188 valence electrons. The van der Waals surface area contributed by atoms with Crippen LogP contribution in [0.15, 0.2) is 0 Å². The summed E-state index contributed by atoms with van der Waals surface area (Å²) in [5, 5.41) is 8.35. The summed E-state index contributed by atoms with van der Waals surface area (Å²) < 4.78 is 95.4. The van der Waals surface area contributed by atoms with E-state index in [4.69, 9.17) is 28.8 Å². The number of carbonyl (C=O) groups excluding carboxylic acids is 1. The first-order valence-corrected chi connectivity index (χ1v) is 9.58. The largest absolute Gasteiger partial charge is 0.480 e. The number of carbonyl (C=O) groups is 2. The second kappa shape index (κ2) is 16.3. The lowest BCUT2D eigenvalue weighted by molar-refractivity contribution is -0.142. The van der Waals surface area contributed by atoms with Gasteiger partial charge in [0.2, 0.25) is 34.8 Å². The van der Waals surface area contributed by atoms with Crippen LogP contribution in [0.4, 0.5) is 22.0 Å². The maximum atomic E-state index is 13.4. The molecule has 0 aliphatic rings. The smallest absolute Gasteiger partial charge is 0.329 e.